The summed E-state index contributed by atoms with van der Waals surface area (Å²) in [5.74, 6) is -0.612. The number of hydrogen-bond acceptors (Lipinski definition) is 3. The lowest BCUT2D eigenvalue weighted by Gasteiger charge is -2.08. The number of carbonyl (C=O) groups excluding carboxylic acids is 1. The van der Waals surface area contributed by atoms with Crippen molar-refractivity contribution >= 4 is 22.5 Å². The van der Waals surface area contributed by atoms with Gasteiger partial charge in [0.1, 0.15) is 0 Å². The molecule has 1 unspecified atom stereocenters. The first-order valence-corrected chi connectivity index (χ1v) is 7.07. The summed E-state index contributed by atoms with van der Waals surface area (Å²) in [4.78, 5) is 15.6. The number of rotatable bonds is 1. The zero-order valence-electron chi connectivity index (χ0n) is 11.9. The highest BCUT2D eigenvalue weighted by Gasteiger charge is 2.33. The second-order valence-corrected chi connectivity index (χ2v) is 5.45. The lowest BCUT2D eigenvalue weighted by atomic mass is 9.91. The maximum atomic E-state index is 12.5. The van der Waals surface area contributed by atoms with E-state index in [-0.39, 0.29) is 5.91 Å². The van der Waals surface area contributed by atoms with Crippen LogP contribution >= 0.6 is 0 Å². The number of H-pyrrole nitrogens is 1. The number of nitrogens with zero attached hydrogens (tertiary/aromatic N) is 2. The highest BCUT2D eigenvalue weighted by Crippen LogP contribution is 2.40. The van der Waals surface area contributed by atoms with Gasteiger partial charge in [-0.05, 0) is 47.5 Å². The molecule has 0 radical (unpaired) electrons. The zero-order valence-corrected chi connectivity index (χ0v) is 11.9. The lowest BCUT2D eigenvalue weighted by molar-refractivity contribution is -0.116. The van der Waals surface area contributed by atoms with Crippen molar-refractivity contribution < 1.29 is 4.79 Å². The molecular weight excluding hydrogens is 288 g/mol. The average Bonchev–Trinajstić information content (AvgIpc) is 3.13. The van der Waals surface area contributed by atoms with Crippen molar-refractivity contribution in [2.24, 2.45) is 0 Å². The molecule has 0 saturated carbocycles. The molecule has 1 aliphatic rings. The minimum Gasteiger partial charge on any atom is -0.361 e. The molecule has 0 aliphatic carbocycles. The van der Waals surface area contributed by atoms with Crippen molar-refractivity contribution in [3.8, 4) is 12.1 Å². The predicted molar refractivity (Wildman–Crippen MR) is 84.6 cm³/mol. The molecule has 1 aromatic heterocycles. The van der Waals surface area contributed by atoms with E-state index >= 15 is 0 Å². The molecule has 3 aromatic rings. The molecule has 23 heavy (non-hydrogen) atoms. The molecule has 5 heteroatoms. The largest absolute Gasteiger partial charge is 0.361 e. The van der Waals surface area contributed by atoms with E-state index in [0.717, 1.165) is 27.7 Å². The van der Waals surface area contributed by atoms with Crippen LogP contribution in [0, 0.1) is 22.7 Å². The summed E-state index contributed by atoms with van der Waals surface area (Å²) in [5, 5.41) is 21.9. The third-order valence-electron chi connectivity index (χ3n) is 4.17. The fraction of sp³-hybridized carbons (Fsp3) is 0.0556. The molecule has 1 amide bonds. The number of nitriles is 2. The smallest absolute Gasteiger partial charge is 0.236 e. The number of aromatic amines is 1. The van der Waals surface area contributed by atoms with E-state index in [2.05, 4.69) is 22.4 Å². The molecule has 0 fully saturated rings. The normalized spacial score (nSPS) is 15.7. The van der Waals surface area contributed by atoms with Crippen LogP contribution < -0.4 is 5.32 Å². The summed E-state index contributed by atoms with van der Waals surface area (Å²) in [7, 11) is 0. The number of anilines is 1. The van der Waals surface area contributed by atoms with Gasteiger partial charge in [-0.15, -0.1) is 0 Å². The number of nitrogens with one attached hydrogen (secondary N) is 2. The molecule has 5 nitrogen and oxygen atoms in total. The standard InChI is InChI=1S/C18H10N4O/c19-7-10-1-3-15-12(5-10)14(9-21-15)17-13-6-11(8-20)2-4-16(13)22-18(17)23/h1-6,9,17,21H,(H,22,23). The van der Waals surface area contributed by atoms with Gasteiger partial charge in [-0.1, -0.05) is 0 Å². The fourth-order valence-electron chi connectivity index (χ4n) is 3.09. The Hall–Kier alpha value is -3.57. The minimum atomic E-state index is -0.485. The number of fused-ring (bicyclic) bond motifs is 2. The summed E-state index contributed by atoms with van der Waals surface area (Å²) >= 11 is 0. The Bertz CT molecular complexity index is 1050. The summed E-state index contributed by atoms with van der Waals surface area (Å²) < 4.78 is 0. The van der Waals surface area contributed by atoms with Crippen LogP contribution in [-0.4, -0.2) is 10.9 Å². The van der Waals surface area contributed by atoms with Crippen molar-refractivity contribution in [2.45, 2.75) is 5.92 Å². The molecule has 0 bridgehead atoms. The first kappa shape index (κ1) is 13.1. The quantitative estimate of drug-likeness (QED) is 0.723. The van der Waals surface area contributed by atoms with Gasteiger partial charge in [0.25, 0.3) is 0 Å². The van der Waals surface area contributed by atoms with Gasteiger partial charge >= 0.3 is 0 Å². The van der Waals surface area contributed by atoms with Crippen LogP contribution in [0.4, 0.5) is 5.69 Å². The molecule has 0 saturated heterocycles. The molecule has 2 aromatic carbocycles. The Morgan fingerprint density at radius 1 is 0.957 bits per heavy atom. The molecule has 4 rings (SSSR count). The van der Waals surface area contributed by atoms with Crippen LogP contribution in [0.2, 0.25) is 0 Å². The van der Waals surface area contributed by atoms with Crippen molar-refractivity contribution in [2.75, 3.05) is 5.32 Å². The van der Waals surface area contributed by atoms with Gasteiger partial charge in [-0.2, -0.15) is 10.5 Å². The van der Waals surface area contributed by atoms with Crippen LogP contribution in [0.15, 0.2) is 42.6 Å². The molecule has 1 atom stereocenters. The van der Waals surface area contributed by atoms with Gasteiger partial charge in [0, 0.05) is 22.8 Å². The van der Waals surface area contributed by atoms with Gasteiger partial charge in [-0.25, -0.2) is 0 Å². The van der Waals surface area contributed by atoms with E-state index in [1.807, 2.05) is 6.07 Å². The van der Waals surface area contributed by atoms with Crippen molar-refractivity contribution in [1.29, 1.82) is 10.5 Å². The van der Waals surface area contributed by atoms with E-state index < -0.39 is 5.92 Å². The Morgan fingerprint density at radius 3 is 2.48 bits per heavy atom. The number of benzene rings is 2. The number of aromatic nitrogens is 1. The molecule has 2 N–H and O–H groups in total. The third kappa shape index (κ3) is 1.88. The van der Waals surface area contributed by atoms with Crippen molar-refractivity contribution in [1.82, 2.24) is 4.98 Å². The molecule has 108 valence electrons. The second-order valence-electron chi connectivity index (χ2n) is 5.45. The molecule has 1 aliphatic heterocycles. The van der Waals surface area contributed by atoms with E-state index in [4.69, 9.17) is 10.5 Å². The maximum absolute atomic E-state index is 12.5. The van der Waals surface area contributed by atoms with Crippen LogP contribution in [-0.2, 0) is 4.79 Å². The van der Waals surface area contributed by atoms with Crippen LogP contribution in [0.25, 0.3) is 10.9 Å². The zero-order chi connectivity index (χ0) is 16.0. The van der Waals surface area contributed by atoms with E-state index in [1.54, 1.807) is 36.5 Å². The summed E-state index contributed by atoms with van der Waals surface area (Å²) in [6.45, 7) is 0. The molecule has 2 heterocycles. The van der Waals surface area contributed by atoms with E-state index in [0.29, 0.717) is 11.1 Å². The second kappa shape index (κ2) is 4.72. The summed E-state index contributed by atoms with van der Waals surface area (Å²) in [6, 6.07) is 14.7. The van der Waals surface area contributed by atoms with Crippen LogP contribution in [0.5, 0.6) is 0 Å². The average molecular weight is 298 g/mol. The first-order valence-electron chi connectivity index (χ1n) is 7.07. The number of carbonyl (C=O) groups is 1. The van der Waals surface area contributed by atoms with Gasteiger partial charge < -0.3 is 10.3 Å². The Morgan fingerprint density at radius 2 is 1.70 bits per heavy atom. The molecular formula is C18H10N4O. The Kier molecular flexibility index (Phi) is 2.69. The Balaban J connectivity index is 1.94. The highest BCUT2D eigenvalue weighted by atomic mass is 16.2. The molecule has 0 spiro atoms. The van der Waals surface area contributed by atoms with E-state index in [1.165, 1.54) is 0 Å². The van der Waals surface area contributed by atoms with Crippen molar-refractivity contribution in [3.05, 3.63) is 64.8 Å². The maximum Gasteiger partial charge on any atom is 0.236 e. The van der Waals surface area contributed by atoms with Gasteiger partial charge in [-0.3, -0.25) is 4.79 Å². The SMILES string of the molecule is N#Cc1ccc2c(c1)C(c1c[nH]c3ccc(C#N)cc13)C(=O)N2. The first-order chi connectivity index (χ1) is 11.2. The summed E-state index contributed by atoms with van der Waals surface area (Å²) in [5.41, 5.74) is 4.26. The highest BCUT2D eigenvalue weighted by molar-refractivity contribution is 6.07. The van der Waals surface area contributed by atoms with E-state index in [9.17, 15) is 4.79 Å². The van der Waals surface area contributed by atoms with Gasteiger partial charge in [0.2, 0.25) is 5.91 Å². The third-order valence-corrected chi connectivity index (χ3v) is 4.17. The Labute approximate surface area is 131 Å². The monoisotopic (exact) mass is 298 g/mol. The summed E-state index contributed by atoms with van der Waals surface area (Å²) in [6.07, 6.45) is 1.80. The van der Waals surface area contributed by atoms with Gasteiger partial charge in [0.15, 0.2) is 0 Å². The topological polar surface area (TPSA) is 92.5 Å². The number of amides is 1. The minimum absolute atomic E-state index is 0.127. The fourth-order valence-corrected chi connectivity index (χ4v) is 3.09. The lowest BCUT2D eigenvalue weighted by Crippen LogP contribution is -2.12. The van der Waals surface area contributed by atoms with Gasteiger partial charge in [0.05, 0.1) is 29.2 Å². The number of hydrogen-bond donors (Lipinski definition) is 2. The van der Waals surface area contributed by atoms with Crippen molar-refractivity contribution in [3.63, 3.8) is 0 Å². The predicted octanol–water partition coefficient (Wildman–Crippen LogP) is 3.00. The van der Waals surface area contributed by atoms with Crippen LogP contribution in [0.1, 0.15) is 28.2 Å². The van der Waals surface area contributed by atoms with Crippen LogP contribution in [0.3, 0.4) is 0 Å².